The average molecular weight is 247 g/mol. The van der Waals surface area contributed by atoms with Crippen molar-refractivity contribution in [3.63, 3.8) is 0 Å². The minimum atomic E-state index is -0.693. The van der Waals surface area contributed by atoms with Crippen molar-refractivity contribution < 1.29 is 9.53 Å². The highest BCUT2D eigenvalue weighted by molar-refractivity contribution is 5.90. The van der Waals surface area contributed by atoms with Crippen LogP contribution in [0, 0.1) is 0 Å². The molecule has 18 heavy (non-hydrogen) atoms. The zero-order chi connectivity index (χ0) is 13.6. The molecule has 0 saturated carbocycles. The highest BCUT2D eigenvalue weighted by Crippen LogP contribution is 2.16. The quantitative estimate of drug-likeness (QED) is 0.642. The predicted octanol–water partition coefficient (Wildman–Crippen LogP) is 2.46. The maximum atomic E-state index is 11.8. The Balaban J connectivity index is 2.87. The minimum Gasteiger partial charge on any atom is -0.463 e. The highest BCUT2D eigenvalue weighted by atomic mass is 16.5. The van der Waals surface area contributed by atoms with Crippen LogP contribution in [0.15, 0.2) is 42.0 Å². The van der Waals surface area contributed by atoms with Crippen molar-refractivity contribution in [2.75, 3.05) is 6.61 Å². The van der Waals surface area contributed by atoms with Gasteiger partial charge in [0.15, 0.2) is 0 Å². The molecule has 0 aliphatic rings. The Kier molecular flexibility index (Phi) is 5.10. The van der Waals surface area contributed by atoms with Crippen molar-refractivity contribution in [3.8, 4) is 0 Å². The van der Waals surface area contributed by atoms with Gasteiger partial charge >= 0.3 is 5.97 Å². The summed E-state index contributed by atoms with van der Waals surface area (Å²) in [5.74, 6) is -0.332. The maximum absolute atomic E-state index is 11.8. The first kappa shape index (κ1) is 14.5. The molecule has 0 aromatic heterocycles. The lowest BCUT2D eigenvalue weighted by atomic mass is 9.93. The summed E-state index contributed by atoms with van der Waals surface area (Å²) in [5, 5.41) is 0. The number of carbonyl (C=O) groups excluding carboxylic acids is 1. The van der Waals surface area contributed by atoms with E-state index < -0.39 is 5.54 Å². The number of benzene rings is 1. The van der Waals surface area contributed by atoms with Gasteiger partial charge in [0.05, 0.1) is 12.2 Å². The molecule has 3 heteroatoms. The SMILES string of the molecule is CCOC(=O)C(=CCc1ccccc1)C(C)(C)N. The Morgan fingerprint density at radius 3 is 2.44 bits per heavy atom. The second-order valence-corrected chi connectivity index (χ2v) is 4.75. The number of ether oxygens (including phenoxy) is 1. The third kappa shape index (κ3) is 4.34. The van der Waals surface area contributed by atoms with Gasteiger partial charge in [0, 0.05) is 5.54 Å². The molecule has 0 radical (unpaired) electrons. The number of carbonyl (C=O) groups is 1. The van der Waals surface area contributed by atoms with E-state index in [1.807, 2.05) is 36.4 Å². The van der Waals surface area contributed by atoms with Crippen molar-refractivity contribution >= 4 is 5.97 Å². The standard InChI is InChI=1S/C15H21NO2/c1-4-18-14(17)13(15(2,3)16)11-10-12-8-6-5-7-9-12/h5-9,11H,4,10,16H2,1-3H3. The van der Waals surface area contributed by atoms with Crippen molar-refractivity contribution in [2.45, 2.75) is 32.7 Å². The van der Waals surface area contributed by atoms with Gasteiger partial charge < -0.3 is 10.5 Å². The fraction of sp³-hybridized carbons (Fsp3) is 0.400. The van der Waals surface area contributed by atoms with E-state index in [-0.39, 0.29) is 5.97 Å². The molecule has 0 bridgehead atoms. The average Bonchev–Trinajstić information content (AvgIpc) is 2.29. The van der Waals surface area contributed by atoms with Crippen LogP contribution < -0.4 is 5.73 Å². The van der Waals surface area contributed by atoms with Gasteiger partial charge in [-0.05, 0) is 32.8 Å². The molecule has 0 spiro atoms. The molecule has 98 valence electrons. The van der Waals surface area contributed by atoms with Gasteiger partial charge in [0.25, 0.3) is 0 Å². The predicted molar refractivity (Wildman–Crippen MR) is 73.1 cm³/mol. The lowest BCUT2D eigenvalue weighted by Gasteiger charge is -2.21. The summed E-state index contributed by atoms with van der Waals surface area (Å²) in [5.41, 5.74) is 6.98. The van der Waals surface area contributed by atoms with Crippen molar-refractivity contribution in [2.24, 2.45) is 5.73 Å². The Morgan fingerprint density at radius 1 is 1.33 bits per heavy atom. The lowest BCUT2D eigenvalue weighted by Crippen LogP contribution is -2.38. The van der Waals surface area contributed by atoms with Crippen LogP contribution in [0.3, 0.4) is 0 Å². The van der Waals surface area contributed by atoms with Crippen LogP contribution in [0.4, 0.5) is 0 Å². The van der Waals surface area contributed by atoms with E-state index in [4.69, 9.17) is 10.5 Å². The molecule has 1 aromatic rings. The van der Waals surface area contributed by atoms with E-state index in [2.05, 4.69) is 0 Å². The molecule has 0 aliphatic carbocycles. The van der Waals surface area contributed by atoms with E-state index >= 15 is 0 Å². The molecule has 0 fully saturated rings. The molecule has 0 saturated heterocycles. The summed E-state index contributed by atoms with van der Waals surface area (Å²) in [7, 11) is 0. The third-order valence-electron chi connectivity index (χ3n) is 2.57. The lowest BCUT2D eigenvalue weighted by molar-refractivity contribution is -0.139. The largest absolute Gasteiger partial charge is 0.463 e. The van der Waals surface area contributed by atoms with Crippen molar-refractivity contribution in [3.05, 3.63) is 47.5 Å². The number of hydrogen-bond acceptors (Lipinski definition) is 3. The molecule has 0 amide bonds. The molecule has 0 atom stereocenters. The molecule has 0 heterocycles. The van der Waals surface area contributed by atoms with Gasteiger partial charge in [0.2, 0.25) is 0 Å². The Morgan fingerprint density at radius 2 is 1.94 bits per heavy atom. The third-order valence-corrected chi connectivity index (χ3v) is 2.57. The summed E-state index contributed by atoms with van der Waals surface area (Å²) in [6.07, 6.45) is 2.53. The van der Waals surface area contributed by atoms with E-state index in [9.17, 15) is 4.79 Å². The van der Waals surface area contributed by atoms with Crippen LogP contribution in [0.5, 0.6) is 0 Å². The van der Waals surface area contributed by atoms with E-state index in [0.717, 1.165) is 5.56 Å². The van der Waals surface area contributed by atoms with Gasteiger partial charge in [-0.25, -0.2) is 4.79 Å². The smallest absolute Gasteiger partial charge is 0.335 e. The molecule has 1 rings (SSSR count). The molecule has 3 nitrogen and oxygen atoms in total. The van der Waals surface area contributed by atoms with Gasteiger partial charge in [-0.3, -0.25) is 0 Å². The van der Waals surface area contributed by atoms with Crippen LogP contribution in [-0.2, 0) is 16.0 Å². The molecular formula is C15H21NO2. The monoisotopic (exact) mass is 247 g/mol. The Labute approximate surface area is 109 Å². The molecular weight excluding hydrogens is 226 g/mol. The van der Waals surface area contributed by atoms with Crippen LogP contribution in [-0.4, -0.2) is 18.1 Å². The summed E-state index contributed by atoms with van der Waals surface area (Å²) in [6.45, 7) is 5.76. The first-order chi connectivity index (χ1) is 8.45. The first-order valence-electron chi connectivity index (χ1n) is 6.15. The second-order valence-electron chi connectivity index (χ2n) is 4.75. The van der Waals surface area contributed by atoms with Crippen LogP contribution in [0.1, 0.15) is 26.3 Å². The van der Waals surface area contributed by atoms with E-state index in [0.29, 0.717) is 18.6 Å². The van der Waals surface area contributed by atoms with E-state index in [1.165, 1.54) is 0 Å². The fourth-order valence-electron chi connectivity index (χ4n) is 1.65. The zero-order valence-corrected chi connectivity index (χ0v) is 11.3. The van der Waals surface area contributed by atoms with Crippen molar-refractivity contribution in [1.82, 2.24) is 0 Å². The molecule has 2 N–H and O–H groups in total. The Hall–Kier alpha value is -1.61. The minimum absolute atomic E-state index is 0.332. The highest BCUT2D eigenvalue weighted by Gasteiger charge is 2.25. The molecule has 0 unspecified atom stereocenters. The van der Waals surface area contributed by atoms with Crippen LogP contribution in [0.2, 0.25) is 0 Å². The van der Waals surface area contributed by atoms with Gasteiger partial charge in [0.1, 0.15) is 0 Å². The first-order valence-corrected chi connectivity index (χ1v) is 6.15. The van der Waals surface area contributed by atoms with E-state index in [1.54, 1.807) is 20.8 Å². The normalized spacial score (nSPS) is 12.3. The fourth-order valence-corrected chi connectivity index (χ4v) is 1.65. The van der Waals surface area contributed by atoms with Crippen molar-refractivity contribution in [1.29, 1.82) is 0 Å². The topological polar surface area (TPSA) is 52.3 Å². The van der Waals surface area contributed by atoms with Gasteiger partial charge in [-0.15, -0.1) is 0 Å². The molecule has 1 aromatic carbocycles. The van der Waals surface area contributed by atoms with Gasteiger partial charge in [-0.2, -0.15) is 0 Å². The summed E-state index contributed by atoms with van der Waals surface area (Å²) in [4.78, 5) is 11.8. The number of rotatable bonds is 5. The number of hydrogen-bond donors (Lipinski definition) is 1. The summed E-state index contributed by atoms with van der Waals surface area (Å²) in [6, 6.07) is 9.94. The number of allylic oxidation sites excluding steroid dienone is 1. The number of esters is 1. The van der Waals surface area contributed by atoms with Gasteiger partial charge in [-0.1, -0.05) is 36.4 Å². The Bertz CT molecular complexity index is 416. The summed E-state index contributed by atoms with van der Waals surface area (Å²) >= 11 is 0. The van der Waals surface area contributed by atoms with Crippen LogP contribution in [0.25, 0.3) is 0 Å². The second kappa shape index (κ2) is 6.36. The number of nitrogens with two attached hydrogens (primary N) is 1. The maximum Gasteiger partial charge on any atom is 0.335 e. The zero-order valence-electron chi connectivity index (χ0n) is 11.3. The van der Waals surface area contributed by atoms with Crippen LogP contribution >= 0.6 is 0 Å². The summed E-state index contributed by atoms with van der Waals surface area (Å²) < 4.78 is 5.03. The molecule has 0 aliphatic heterocycles.